The third-order valence-electron chi connectivity index (χ3n) is 4.77. The molecule has 7 heteroatoms. The van der Waals surface area contributed by atoms with E-state index in [-0.39, 0.29) is 16.7 Å². The number of benzene rings is 3. The monoisotopic (exact) mass is 432 g/mol. The van der Waals surface area contributed by atoms with Gasteiger partial charge in [-0.05, 0) is 36.8 Å². The van der Waals surface area contributed by atoms with Crippen molar-refractivity contribution in [3.05, 3.63) is 78.4 Å². The van der Waals surface area contributed by atoms with Crippen LogP contribution in [0.2, 0.25) is 0 Å². The Hall–Kier alpha value is -3.58. The Bertz CT molecular complexity index is 1150. The molecular formula is C24H20N2O4S. The molecule has 0 spiro atoms. The highest BCUT2D eigenvalue weighted by Gasteiger charge is 2.24. The first-order valence-electron chi connectivity index (χ1n) is 9.74. The number of anilines is 2. The molecule has 2 N–H and O–H groups in total. The molecule has 1 heterocycles. The van der Waals surface area contributed by atoms with Crippen LogP contribution in [-0.2, 0) is 14.3 Å². The van der Waals surface area contributed by atoms with Crippen molar-refractivity contribution in [3.63, 3.8) is 0 Å². The fourth-order valence-corrected chi connectivity index (χ4v) is 4.13. The third-order valence-corrected chi connectivity index (χ3v) is 5.94. The van der Waals surface area contributed by atoms with E-state index in [1.165, 1.54) is 11.8 Å². The Morgan fingerprint density at radius 3 is 2.58 bits per heavy atom. The molecule has 1 aliphatic rings. The normalized spacial score (nSPS) is 14.9. The maximum absolute atomic E-state index is 12.4. The van der Waals surface area contributed by atoms with Gasteiger partial charge in [0.1, 0.15) is 0 Å². The lowest BCUT2D eigenvalue weighted by Gasteiger charge is -2.21. The summed E-state index contributed by atoms with van der Waals surface area (Å²) in [5, 5.41) is 5.39. The van der Waals surface area contributed by atoms with Gasteiger partial charge < -0.3 is 15.4 Å². The highest BCUT2D eigenvalue weighted by atomic mass is 32.2. The van der Waals surface area contributed by atoms with Gasteiger partial charge >= 0.3 is 5.97 Å². The molecule has 1 atom stereocenters. The SMILES string of the molecule is CC1Sc2ccc(C(=O)OCC(=O)Nc3ccccc3-c3ccccc3)cc2NC1=O. The van der Waals surface area contributed by atoms with Gasteiger partial charge in [-0.3, -0.25) is 9.59 Å². The molecular weight excluding hydrogens is 412 g/mol. The molecule has 156 valence electrons. The number of amides is 2. The number of hydrogen-bond donors (Lipinski definition) is 2. The Morgan fingerprint density at radius 1 is 1.03 bits per heavy atom. The summed E-state index contributed by atoms with van der Waals surface area (Å²) in [4.78, 5) is 37.5. The van der Waals surface area contributed by atoms with Crippen molar-refractivity contribution >= 4 is 40.9 Å². The zero-order valence-electron chi connectivity index (χ0n) is 16.8. The maximum Gasteiger partial charge on any atom is 0.338 e. The van der Waals surface area contributed by atoms with Crippen LogP contribution in [0, 0.1) is 0 Å². The van der Waals surface area contributed by atoms with E-state index in [0.717, 1.165) is 16.0 Å². The average molecular weight is 433 g/mol. The minimum atomic E-state index is -0.632. The molecule has 0 radical (unpaired) electrons. The van der Waals surface area contributed by atoms with Crippen LogP contribution < -0.4 is 10.6 Å². The van der Waals surface area contributed by atoms with Crippen molar-refractivity contribution in [1.82, 2.24) is 0 Å². The number of carbonyl (C=O) groups excluding carboxylic acids is 3. The lowest BCUT2D eigenvalue weighted by molar-refractivity contribution is -0.119. The van der Waals surface area contributed by atoms with Crippen LogP contribution in [0.1, 0.15) is 17.3 Å². The van der Waals surface area contributed by atoms with Crippen LogP contribution in [0.3, 0.4) is 0 Å². The molecule has 4 rings (SSSR count). The molecule has 1 aliphatic heterocycles. The molecule has 3 aromatic carbocycles. The number of para-hydroxylation sites is 1. The standard InChI is InChI=1S/C24H20N2O4S/c1-15-23(28)26-20-13-17(11-12-21(20)31-15)24(29)30-14-22(27)25-19-10-6-5-9-18(19)16-7-3-2-4-8-16/h2-13,15H,14H2,1H3,(H,25,27)(H,26,28). The van der Waals surface area contributed by atoms with E-state index in [0.29, 0.717) is 11.4 Å². The predicted octanol–water partition coefficient (Wildman–Crippen LogP) is 4.58. The molecule has 3 aromatic rings. The first-order chi connectivity index (χ1) is 15.0. The van der Waals surface area contributed by atoms with Crippen LogP contribution >= 0.6 is 11.8 Å². The highest BCUT2D eigenvalue weighted by molar-refractivity contribution is 8.00. The molecule has 1 unspecified atom stereocenters. The first kappa shape index (κ1) is 20.7. The number of fused-ring (bicyclic) bond motifs is 1. The summed E-state index contributed by atoms with van der Waals surface area (Å²) in [5.41, 5.74) is 3.33. The van der Waals surface area contributed by atoms with Gasteiger partial charge in [0.15, 0.2) is 6.61 Å². The molecule has 0 saturated heterocycles. The average Bonchev–Trinajstić information content (AvgIpc) is 2.79. The van der Waals surface area contributed by atoms with E-state index in [2.05, 4.69) is 10.6 Å². The molecule has 0 aliphatic carbocycles. The topological polar surface area (TPSA) is 84.5 Å². The van der Waals surface area contributed by atoms with Crippen molar-refractivity contribution in [1.29, 1.82) is 0 Å². The van der Waals surface area contributed by atoms with E-state index in [1.807, 2.05) is 55.5 Å². The fraction of sp³-hybridized carbons (Fsp3) is 0.125. The summed E-state index contributed by atoms with van der Waals surface area (Å²) in [6.45, 7) is 1.40. The third kappa shape index (κ3) is 4.78. The Morgan fingerprint density at radius 2 is 1.77 bits per heavy atom. The summed E-state index contributed by atoms with van der Waals surface area (Å²) in [6, 6.07) is 22.1. The minimum absolute atomic E-state index is 0.112. The number of esters is 1. The number of rotatable bonds is 5. The van der Waals surface area contributed by atoms with Crippen LogP contribution in [0.25, 0.3) is 11.1 Å². The van der Waals surface area contributed by atoms with Crippen LogP contribution in [-0.4, -0.2) is 29.6 Å². The van der Waals surface area contributed by atoms with Crippen LogP contribution in [0.15, 0.2) is 77.7 Å². The van der Waals surface area contributed by atoms with Gasteiger partial charge in [-0.15, -0.1) is 11.8 Å². The van der Waals surface area contributed by atoms with Crippen LogP contribution in [0.5, 0.6) is 0 Å². The number of thioether (sulfide) groups is 1. The molecule has 31 heavy (non-hydrogen) atoms. The molecule has 0 bridgehead atoms. The molecule has 0 fully saturated rings. The van der Waals surface area contributed by atoms with E-state index in [1.54, 1.807) is 24.3 Å². The van der Waals surface area contributed by atoms with Gasteiger partial charge in [-0.1, -0.05) is 48.5 Å². The second kappa shape index (κ2) is 9.06. The maximum atomic E-state index is 12.4. The van der Waals surface area contributed by atoms with Crippen molar-refractivity contribution in [3.8, 4) is 11.1 Å². The first-order valence-corrected chi connectivity index (χ1v) is 10.6. The fourth-order valence-electron chi connectivity index (χ4n) is 3.20. The summed E-state index contributed by atoms with van der Waals surface area (Å²) < 4.78 is 5.18. The molecule has 0 aromatic heterocycles. The van der Waals surface area contributed by atoms with Crippen molar-refractivity contribution in [2.75, 3.05) is 17.2 Å². The van der Waals surface area contributed by atoms with Gasteiger partial charge in [-0.25, -0.2) is 4.79 Å². The smallest absolute Gasteiger partial charge is 0.338 e. The quantitative estimate of drug-likeness (QED) is 0.577. The minimum Gasteiger partial charge on any atom is -0.452 e. The summed E-state index contributed by atoms with van der Waals surface area (Å²) in [6.07, 6.45) is 0. The molecule has 6 nitrogen and oxygen atoms in total. The van der Waals surface area contributed by atoms with Gasteiger partial charge in [0.2, 0.25) is 5.91 Å². The Balaban J connectivity index is 1.40. The largest absolute Gasteiger partial charge is 0.452 e. The summed E-state index contributed by atoms with van der Waals surface area (Å²) in [5.74, 6) is -1.18. The van der Waals surface area contributed by atoms with Gasteiger partial charge in [-0.2, -0.15) is 0 Å². The number of carbonyl (C=O) groups is 3. The lowest BCUT2D eigenvalue weighted by atomic mass is 10.0. The second-order valence-electron chi connectivity index (χ2n) is 7.00. The number of ether oxygens (including phenoxy) is 1. The number of hydrogen-bond acceptors (Lipinski definition) is 5. The summed E-state index contributed by atoms with van der Waals surface area (Å²) in [7, 11) is 0. The van der Waals surface area contributed by atoms with E-state index >= 15 is 0 Å². The predicted molar refractivity (Wildman–Crippen MR) is 121 cm³/mol. The summed E-state index contributed by atoms with van der Waals surface area (Å²) >= 11 is 1.43. The van der Waals surface area contributed by atoms with Crippen molar-refractivity contribution < 1.29 is 19.1 Å². The van der Waals surface area contributed by atoms with Crippen LogP contribution in [0.4, 0.5) is 11.4 Å². The van der Waals surface area contributed by atoms with E-state index < -0.39 is 18.5 Å². The zero-order valence-corrected chi connectivity index (χ0v) is 17.6. The second-order valence-corrected chi connectivity index (χ2v) is 8.38. The van der Waals surface area contributed by atoms with E-state index in [9.17, 15) is 14.4 Å². The Kier molecular flexibility index (Phi) is 6.04. The zero-order chi connectivity index (χ0) is 21.8. The van der Waals surface area contributed by atoms with Crippen molar-refractivity contribution in [2.24, 2.45) is 0 Å². The highest BCUT2D eigenvalue weighted by Crippen LogP contribution is 2.36. The van der Waals surface area contributed by atoms with E-state index in [4.69, 9.17) is 4.74 Å². The van der Waals surface area contributed by atoms with Gasteiger partial charge in [0.25, 0.3) is 5.91 Å². The van der Waals surface area contributed by atoms with Crippen molar-refractivity contribution in [2.45, 2.75) is 17.1 Å². The molecule has 2 amide bonds. The van der Waals surface area contributed by atoms with Gasteiger partial charge in [0, 0.05) is 16.1 Å². The molecule has 0 saturated carbocycles. The van der Waals surface area contributed by atoms with Gasteiger partial charge in [0.05, 0.1) is 16.5 Å². The number of nitrogens with one attached hydrogen (secondary N) is 2. The Labute approximate surface area is 184 Å². The lowest BCUT2D eigenvalue weighted by Crippen LogP contribution is -2.26.